The molecule has 1 aromatic heterocycles. The Morgan fingerprint density at radius 3 is 2.94 bits per heavy atom. The second-order valence-corrected chi connectivity index (χ2v) is 4.46. The van der Waals surface area contributed by atoms with Crippen LogP contribution in [0.1, 0.15) is 17.3 Å². The molecule has 0 bridgehead atoms. The van der Waals surface area contributed by atoms with Crippen LogP contribution in [0.25, 0.3) is 10.9 Å². The third-order valence-electron chi connectivity index (χ3n) is 3.18. The third kappa shape index (κ3) is 2.04. The molecule has 1 atom stereocenters. The van der Waals surface area contributed by atoms with E-state index in [-0.39, 0.29) is 18.6 Å². The summed E-state index contributed by atoms with van der Waals surface area (Å²) in [6.07, 6.45) is 1.67. The van der Waals surface area contributed by atoms with Gasteiger partial charge in [0.2, 0.25) is 0 Å². The molecule has 1 heterocycles. The molecular formula is C13H17N3O2. The van der Waals surface area contributed by atoms with Crippen molar-refractivity contribution in [2.75, 3.05) is 19.4 Å². The van der Waals surface area contributed by atoms with Gasteiger partial charge in [-0.05, 0) is 25.1 Å². The second-order valence-electron chi connectivity index (χ2n) is 4.46. The zero-order valence-electron chi connectivity index (χ0n) is 10.5. The Bertz CT molecular complexity index is 577. The monoisotopic (exact) mass is 247 g/mol. The van der Waals surface area contributed by atoms with Crippen molar-refractivity contribution in [1.82, 2.24) is 9.88 Å². The molecule has 1 amide bonds. The van der Waals surface area contributed by atoms with Gasteiger partial charge in [-0.1, -0.05) is 0 Å². The molecule has 0 saturated heterocycles. The first-order valence-corrected chi connectivity index (χ1v) is 5.79. The Hall–Kier alpha value is -2.01. The Labute approximate surface area is 105 Å². The molecule has 96 valence electrons. The number of hydrogen-bond acceptors (Lipinski definition) is 3. The number of nitrogen functional groups attached to an aromatic ring is 1. The van der Waals surface area contributed by atoms with Gasteiger partial charge in [0.1, 0.15) is 0 Å². The first-order chi connectivity index (χ1) is 8.54. The Kier molecular flexibility index (Phi) is 3.25. The van der Waals surface area contributed by atoms with Crippen molar-refractivity contribution < 1.29 is 9.90 Å². The summed E-state index contributed by atoms with van der Waals surface area (Å²) in [5.74, 6) is -0.131. The third-order valence-corrected chi connectivity index (χ3v) is 3.18. The zero-order valence-corrected chi connectivity index (χ0v) is 10.5. The van der Waals surface area contributed by atoms with Crippen molar-refractivity contribution in [2.45, 2.75) is 13.0 Å². The predicted octanol–water partition coefficient (Wildman–Crippen LogP) is 1.20. The SMILES string of the molecule is CC(CO)N(C)C(=O)c1c[nH]c2ccc(N)cc12. The maximum Gasteiger partial charge on any atom is 0.256 e. The molecule has 2 aromatic rings. The molecular weight excluding hydrogens is 230 g/mol. The molecule has 0 radical (unpaired) electrons. The number of carbonyl (C=O) groups is 1. The zero-order chi connectivity index (χ0) is 13.3. The Balaban J connectivity index is 2.42. The van der Waals surface area contributed by atoms with E-state index < -0.39 is 0 Å². The number of anilines is 1. The number of aliphatic hydroxyl groups is 1. The lowest BCUT2D eigenvalue weighted by Crippen LogP contribution is -2.37. The van der Waals surface area contributed by atoms with Crippen molar-refractivity contribution in [3.8, 4) is 0 Å². The summed E-state index contributed by atoms with van der Waals surface area (Å²) in [5.41, 5.74) is 7.80. The van der Waals surface area contributed by atoms with Crippen molar-refractivity contribution in [3.05, 3.63) is 30.0 Å². The number of carbonyl (C=O) groups excluding carboxylic acids is 1. The molecule has 1 unspecified atom stereocenters. The number of rotatable bonds is 3. The van der Waals surface area contributed by atoms with E-state index >= 15 is 0 Å². The van der Waals surface area contributed by atoms with Crippen LogP contribution in [-0.2, 0) is 0 Å². The van der Waals surface area contributed by atoms with Gasteiger partial charge in [-0.15, -0.1) is 0 Å². The van der Waals surface area contributed by atoms with Crippen molar-refractivity contribution >= 4 is 22.5 Å². The number of likely N-dealkylation sites (N-methyl/N-ethyl adjacent to an activating group) is 1. The summed E-state index contributed by atoms with van der Waals surface area (Å²) in [4.78, 5) is 16.8. The Morgan fingerprint density at radius 2 is 2.28 bits per heavy atom. The summed E-state index contributed by atoms with van der Waals surface area (Å²) >= 11 is 0. The minimum Gasteiger partial charge on any atom is -0.399 e. The highest BCUT2D eigenvalue weighted by molar-refractivity contribution is 6.07. The highest BCUT2D eigenvalue weighted by Crippen LogP contribution is 2.22. The van der Waals surface area contributed by atoms with Crippen LogP contribution in [-0.4, -0.2) is 40.6 Å². The normalized spacial score (nSPS) is 12.6. The molecule has 1 aromatic carbocycles. The van der Waals surface area contributed by atoms with E-state index in [9.17, 15) is 4.79 Å². The summed E-state index contributed by atoms with van der Waals surface area (Å²) in [6, 6.07) is 5.18. The lowest BCUT2D eigenvalue weighted by molar-refractivity contribution is 0.0684. The quantitative estimate of drug-likeness (QED) is 0.713. The van der Waals surface area contributed by atoms with Crippen molar-refractivity contribution in [3.63, 3.8) is 0 Å². The molecule has 0 aliphatic carbocycles. The number of hydrogen-bond donors (Lipinski definition) is 3. The fourth-order valence-corrected chi connectivity index (χ4v) is 1.83. The molecule has 0 saturated carbocycles. The maximum atomic E-state index is 12.3. The average molecular weight is 247 g/mol. The number of aliphatic hydroxyl groups excluding tert-OH is 1. The fraction of sp³-hybridized carbons (Fsp3) is 0.308. The first kappa shape index (κ1) is 12.4. The summed E-state index contributed by atoms with van der Waals surface area (Å²) < 4.78 is 0. The van der Waals surface area contributed by atoms with Gasteiger partial charge in [0.15, 0.2) is 0 Å². The van der Waals surface area contributed by atoms with Gasteiger partial charge >= 0.3 is 0 Å². The van der Waals surface area contributed by atoms with Crippen LogP contribution < -0.4 is 5.73 Å². The minimum atomic E-state index is -0.219. The molecule has 4 N–H and O–H groups in total. The number of aromatic amines is 1. The van der Waals surface area contributed by atoms with Crippen LogP contribution in [0.2, 0.25) is 0 Å². The number of fused-ring (bicyclic) bond motifs is 1. The summed E-state index contributed by atoms with van der Waals surface area (Å²) in [5, 5.41) is 9.89. The number of nitrogens with two attached hydrogens (primary N) is 1. The number of nitrogens with one attached hydrogen (secondary N) is 1. The van der Waals surface area contributed by atoms with Crippen molar-refractivity contribution in [2.24, 2.45) is 0 Å². The van der Waals surface area contributed by atoms with Crippen LogP contribution in [0, 0.1) is 0 Å². The Morgan fingerprint density at radius 1 is 1.56 bits per heavy atom. The van der Waals surface area contributed by atoms with Gasteiger partial charge in [0, 0.05) is 29.8 Å². The summed E-state index contributed by atoms with van der Waals surface area (Å²) in [6.45, 7) is 1.73. The maximum absolute atomic E-state index is 12.3. The van der Waals surface area contributed by atoms with Gasteiger partial charge in [-0.2, -0.15) is 0 Å². The molecule has 18 heavy (non-hydrogen) atoms. The second kappa shape index (κ2) is 4.70. The lowest BCUT2D eigenvalue weighted by Gasteiger charge is -2.22. The van der Waals surface area contributed by atoms with Crippen LogP contribution in [0.5, 0.6) is 0 Å². The van der Waals surface area contributed by atoms with E-state index in [1.807, 2.05) is 6.07 Å². The molecule has 2 rings (SSSR count). The van der Waals surface area contributed by atoms with E-state index in [4.69, 9.17) is 10.8 Å². The number of nitrogens with zero attached hydrogens (tertiary/aromatic N) is 1. The van der Waals surface area contributed by atoms with Crippen LogP contribution in [0.3, 0.4) is 0 Å². The lowest BCUT2D eigenvalue weighted by atomic mass is 10.1. The molecule has 0 aliphatic rings. The highest BCUT2D eigenvalue weighted by Gasteiger charge is 2.19. The molecule has 0 aliphatic heterocycles. The standard InChI is InChI=1S/C13H17N3O2/c1-8(7-17)16(2)13(18)11-6-15-12-4-3-9(14)5-10(11)12/h3-6,8,15,17H,7,14H2,1-2H3. The van der Waals surface area contributed by atoms with E-state index in [0.717, 1.165) is 10.9 Å². The van der Waals surface area contributed by atoms with Gasteiger partial charge in [-0.25, -0.2) is 0 Å². The molecule has 0 spiro atoms. The van der Waals surface area contributed by atoms with Crippen molar-refractivity contribution in [1.29, 1.82) is 0 Å². The van der Waals surface area contributed by atoms with Crippen LogP contribution in [0.4, 0.5) is 5.69 Å². The van der Waals surface area contributed by atoms with E-state index in [1.54, 1.807) is 32.3 Å². The fourth-order valence-electron chi connectivity index (χ4n) is 1.83. The number of benzene rings is 1. The minimum absolute atomic E-state index is 0.0628. The predicted molar refractivity (Wildman–Crippen MR) is 71.4 cm³/mol. The highest BCUT2D eigenvalue weighted by atomic mass is 16.3. The summed E-state index contributed by atoms with van der Waals surface area (Å²) in [7, 11) is 1.67. The average Bonchev–Trinajstić information content (AvgIpc) is 2.78. The molecule has 5 nitrogen and oxygen atoms in total. The van der Waals surface area contributed by atoms with E-state index in [1.165, 1.54) is 4.90 Å². The largest absolute Gasteiger partial charge is 0.399 e. The number of amides is 1. The number of aromatic nitrogens is 1. The van der Waals surface area contributed by atoms with Gasteiger partial charge < -0.3 is 20.7 Å². The van der Waals surface area contributed by atoms with Gasteiger partial charge in [0.25, 0.3) is 5.91 Å². The first-order valence-electron chi connectivity index (χ1n) is 5.79. The van der Waals surface area contributed by atoms with Crippen LogP contribution in [0.15, 0.2) is 24.4 Å². The smallest absolute Gasteiger partial charge is 0.256 e. The van der Waals surface area contributed by atoms with Crippen LogP contribution >= 0.6 is 0 Å². The molecule has 5 heteroatoms. The van der Waals surface area contributed by atoms with E-state index in [2.05, 4.69) is 4.98 Å². The van der Waals surface area contributed by atoms with Gasteiger partial charge in [-0.3, -0.25) is 4.79 Å². The number of H-pyrrole nitrogens is 1. The molecule has 0 fully saturated rings. The van der Waals surface area contributed by atoms with E-state index in [0.29, 0.717) is 11.3 Å². The van der Waals surface area contributed by atoms with Gasteiger partial charge in [0.05, 0.1) is 18.2 Å². The topological polar surface area (TPSA) is 82.3 Å².